The van der Waals surface area contributed by atoms with E-state index in [1.807, 2.05) is 24.3 Å². The van der Waals surface area contributed by atoms with Crippen molar-refractivity contribution in [2.24, 2.45) is 0 Å². The Labute approximate surface area is 131 Å². The summed E-state index contributed by atoms with van der Waals surface area (Å²) in [6, 6.07) is 14.6. The number of nitrogen functional groups attached to an aromatic ring is 1. The van der Waals surface area contributed by atoms with Crippen LogP contribution in [0.2, 0.25) is 0 Å². The molecule has 0 saturated heterocycles. The Balaban J connectivity index is 1.90. The van der Waals surface area contributed by atoms with Crippen molar-refractivity contribution in [1.29, 1.82) is 0 Å². The van der Waals surface area contributed by atoms with Gasteiger partial charge >= 0.3 is 0 Å². The van der Waals surface area contributed by atoms with Crippen LogP contribution in [0.3, 0.4) is 0 Å². The first kappa shape index (κ1) is 14.4. The van der Waals surface area contributed by atoms with Crippen molar-refractivity contribution < 1.29 is 0 Å². The molecule has 0 fully saturated rings. The van der Waals surface area contributed by atoms with Crippen LogP contribution in [-0.2, 0) is 19.4 Å². The zero-order valence-corrected chi connectivity index (χ0v) is 12.9. The number of imidazole rings is 1. The zero-order chi connectivity index (χ0) is 15.5. The van der Waals surface area contributed by atoms with Gasteiger partial charge in [-0.3, -0.25) is 0 Å². The van der Waals surface area contributed by atoms with Crippen LogP contribution in [-0.4, -0.2) is 9.55 Å². The molecule has 22 heavy (non-hydrogen) atoms. The summed E-state index contributed by atoms with van der Waals surface area (Å²) >= 11 is 0. The Hall–Kier alpha value is -2.55. The van der Waals surface area contributed by atoms with Gasteiger partial charge in [-0.1, -0.05) is 35.9 Å². The number of aromatic nitrogens is 2. The largest absolute Gasteiger partial charge is 0.399 e. The Morgan fingerprint density at radius 3 is 2.64 bits per heavy atom. The molecule has 0 bridgehead atoms. The Kier molecular flexibility index (Phi) is 3.96. The Morgan fingerprint density at radius 1 is 1.14 bits per heavy atom. The fourth-order valence-electron chi connectivity index (χ4n) is 2.73. The zero-order valence-electron chi connectivity index (χ0n) is 12.9. The molecule has 0 radical (unpaired) electrons. The fraction of sp³-hybridized carbons (Fsp3) is 0.211. The maximum atomic E-state index is 5.87. The standard InChI is InChI=1S/C19H21N3/c1-3-12-22-18-10-9-16(20)13-17(18)21-19(22)11-8-15-6-4-14(2)5-7-15/h3-7,9-10,13H,1,8,11-12,20H2,2H3. The van der Waals surface area contributed by atoms with Gasteiger partial charge in [-0.15, -0.1) is 6.58 Å². The molecular weight excluding hydrogens is 270 g/mol. The number of rotatable bonds is 5. The van der Waals surface area contributed by atoms with Gasteiger partial charge in [0, 0.05) is 18.7 Å². The number of anilines is 1. The molecule has 3 rings (SSSR count). The van der Waals surface area contributed by atoms with Gasteiger partial charge in [0.1, 0.15) is 5.82 Å². The summed E-state index contributed by atoms with van der Waals surface area (Å²) < 4.78 is 2.22. The van der Waals surface area contributed by atoms with Gasteiger partial charge in [-0.25, -0.2) is 4.98 Å². The summed E-state index contributed by atoms with van der Waals surface area (Å²) in [5.41, 5.74) is 11.3. The molecule has 0 amide bonds. The molecule has 0 unspecified atom stereocenters. The van der Waals surface area contributed by atoms with Gasteiger partial charge in [0.2, 0.25) is 0 Å². The number of nitrogens with zero attached hydrogens (tertiary/aromatic N) is 2. The maximum absolute atomic E-state index is 5.87. The van der Waals surface area contributed by atoms with Gasteiger partial charge in [-0.05, 0) is 37.1 Å². The minimum absolute atomic E-state index is 0.751. The molecular formula is C19H21N3. The van der Waals surface area contributed by atoms with Crippen molar-refractivity contribution in [3.63, 3.8) is 0 Å². The number of aryl methyl sites for hydroxylation is 3. The van der Waals surface area contributed by atoms with Crippen LogP contribution >= 0.6 is 0 Å². The van der Waals surface area contributed by atoms with E-state index in [2.05, 4.69) is 42.3 Å². The van der Waals surface area contributed by atoms with Crippen molar-refractivity contribution in [3.8, 4) is 0 Å². The number of fused-ring (bicyclic) bond motifs is 1. The molecule has 0 aliphatic carbocycles. The average molecular weight is 291 g/mol. The molecule has 0 aliphatic rings. The lowest BCUT2D eigenvalue weighted by Gasteiger charge is -2.07. The summed E-state index contributed by atoms with van der Waals surface area (Å²) in [5.74, 6) is 1.08. The topological polar surface area (TPSA) is 43.8 Å². The fourth-order valence-corrected chi connectivity index (χ4v) is 2.73. The lowest BCUT2D eigenvalue weighted by molar-refractivity contribution is 0.743. The van der Waals surface area contributed by atoms with Crippen molar-refractivity contribution in [3.05, 3.63) is 72.1 Å². The second-order valence-corrected chi connectivity index (χ2v) is 5.66. The second-order valence-electron chi connectivity index (χ2n) is 5.66. The minimum Gasteiger partial charge on any atom is -0.399 e. The highest BCUT2D eigenvalue weighted by atomic mass is 15.1. The summed E-state index contributed by atoms with van der Waals surface area (Å²) in [5, 5.41) is 0. The molecule has 2 N–H and O–H groups in total. The third-order valence-corrected chi connectivity index (χ3v) is 3.92. The first-order valence-corrected chi connectivity index (χ1v) is 7.58. The van der Waals surface area contributed by atoms with E-state index in [0.29, 0.717) is 0 Å². The SMILES string of the molecule is C=CCn1c(CCc2ccc(C)cc2)nc2cc(N)ccc21. The van der Waals surface area contributed by atoms with Crippen LogP contribution in [0.25, 0.3) is 11.0 Å². The van der Waals surface area contributed by atoms with Crippen molar-refractivity contribution in [2.45, 2.75) is 26.3 Å². The van der Waals surface area contributed by atoms with Gasteiger partial charge in [0.25, 0.3) is 0 Å². The second kappa shape index (κ2) is 6.06. The molecule has 0 atom stereocenters. The van der Waals surface area contributed by atoms with Gasteiger partial charge in [-0.2, -0.15) is 0 Å². The number of hydrogen-bond acceptors (Lipinski definition) is 2. The summed E-state index contributed by atoms with van der Waals surface area (Å²) in [4.78, 5) is 4.76. The molecule has 112 valence electrons. The van der Waals surface area contributed by atoms with Crippen LogP contribution in [0.4, 0.5) is 5.69 Å². The highest BCUT2D eigenvalue weighted by Gasteiger charge is 2.10. The van der Waals surface area contributed by atoms with Crippen LogP contribution in [0.15, 0.2) is 55.1 Å². The van der Waals surface area contributed by atoms with E-state index in [-0.39, 0.29) is 0 Å². The van der Waals surface area contributed by atoms with Gasteiger partial charge in [0.15, 0.2) is 0 Å². The number of benzene rings is 2. The lowest BCUT2D eigenvalue weighted by atomic mass is 10.1. The third kappa shape index (κ3) is 2.89. The molecule has 2 aromatic carbocycles. The van der Waals surface area contributed by atoms with Crippen LogP contribution in [0.1, 0.15) is 17.0 Å². The van der Waals surface area contributed by atoms with Crippen LogP contribution < -0.4 is 5.73 Å². The normalized spacial score (nSPS) is 11.0. The highest BCUT2D eigenvalue weighted by molar-refractivity contribution is 5.79. The number of allylic oxidation sites excluding steroid dienone is 1. The quantitative estimate of drug-likeness (QED) is 0.572. The van der Waals surface area contributed by atoms with Crippen molar-refractivity contribution >= 4 is 16.7 Å². The van der Waals surface area contributed by atoms with Crippen LogP contribution in [0, 0.1) is 6.92 Å². The van der Waals surface area contributed by atoms with E-state index in [1.54, 1.807) is 0 Å². The monoisotopic (exact) mass is 291 g/mol. The molecule has 0 aliphatic heterocycles. The van der Waals surface area contributed by atoms with Crippen molar-refractivity contribution in [1.82, 2.24) is 9.55 Å². The van der Waals surface area contributed by atoms with E-state index in [9.17, 15) is 0 Å². The number of nitrogens with two attached hydrogens (primary N) is 1. The van der Waals surface area contributed by atoms with E-state index >= 15 is 0 Å². The summed E-state index contributed by atoms with van der Waals surface area (Å²) in [6.45, 7) is 6.73. The minimum atomic E-state index is 0.751. The van der Waals surface area contributed by atoms with Crippen LogP contribution in [0.5, 0.6) is 0 Å². The molecule has 1 aromatic heterocycles. The molecule has 0 saturated carbocycles. The predicted octanol–water partition coefficient (Wildman–Crippen LogP) is 3.90. The smallest absolute Gasteiger partial charge is 0.110 e. The van der Waals surface area contributed by atoms with E-state index < -0.39 is 0 Å². The molecule has 3 nitrogen and oxygen atoms in total. The maximum Gasteiger partial charge on any atom is 0.110 e. The first-order chi connectivity index (χ1) is 10.7. The van der Waals surface area contributed by atoms with E-state index in [4.69, 9.17) is 10.7 Å². The summed E-state index contributed by atoms with van der Waals surface area (Å²) in [7, 11) is 0. The first-order valence-electron chi connectivity index (χ1n) is 7.58. The highest BCUT2D eigenvalue weighted by Crippen LogP contribution is 2.20. The van der Waals surface area contributed by atoms with E-state index in [1.165, 1.54) is 11.1 Å². The Morgan fingerprint density at radius 2 is 1.91 bits per heavy atom. The molecule has 3 heteroatoms. The lowest BCUT2D eigenvalue weighted by Crippen LogP contribution is -2.04. The average Bonchev–Trinajstić information content (AvgIpc) is 2.84. The van der Waals surface area contributed by atoms with E-state index in [0.717, 1.165) is 41.9 Å². The Bertz CT molecular complexity index is 797. The molecule has 0 spiro atoms. The predicted molar refractivity (Wildman–Crippen MR) is 92.9 cm³/mol. The van der Waals surface area contributed by atoms with Gasteiger partial charge < -0.3 is 10.3 Å². The molecule has 1 heterocycles. The third-order valence-electron chi connectivity index (χ3n) is 3.92. The number of hydrogen-bond donors (Lipinski definition) is 1. The van der Waals surface area contributed by atoms with Crippen molar-refractivity contribution in [2.75, 3.05) is 5.73 Å². The summed E-state index contributed by atoms with van der Waals surface area (Å²) in [6.07, 6.45) is 3.80. The van der Waals surface area contributed by atoms with Gasteiger partial charge in [0.05, 0.1) is 11.0 Å². The molecule has 3 aromatic rings.